The molecule has 0 bridgehead atoms. The highest BCUT2D eigenvalue weighted by atomic mass is 19.1. The van der Waals surface area contributed by atoms with Crippen molar-refractivity contribution in [1.29, 1.82) is 0 Å². The van der Waals surface area contributed by atoms with E-state index in [2.05, 4.69) is 10.1 Å². The SMILES string of the molecule is CN(Cc1ccncc1)C(=O)c1cc(-c2ccnn2-c2ccccc2F)c(O)cc1O. The Morgan fingerprint density at radius 2 is 1.77 bits per heavy atom. The summed E-state index contributed by atoms with van der Waals surface area (Å²) in [7, 11) is 1.61. The summed E-state index contributed by atoms with van der Waals surface area (Å²) in [4.78, 5) is 18.4. The van der Waals surface area contributed by atoms with Gasteiger partial charge in [-0.2, -0.15) is 5.10 Å². The van der Waals surface area contributed by atoms with Gasteiger partial charge in [-0.15, -0.1) is 0 Å². The Kier molecular flexibility index (Phi) is 5.36. The summed E-state index contributed by atoms with van der Waals surface area (Å²) in [5, 5.41) is 24.9. The Labute approximate surface area is 177 Å². The fourth-order valence-corrected chi connectivity index (χ4v) is 3.32. The zero-order chi connectivity index (χ0) is 22.0. The molecule has 2 aromatic carbocycles. The number of aromatic nitrogens is 3. The molecule has 4 aromatic rings. The number of benzene rings is 2. The topological polar surface area (TPSA) is 91.5 Å². The Hall–Kier alpha value is -4.20. The van der Waals surface area contributed by atoms with Gasteiger partial charge in [-0.3, -0.25) is 9.78 Å². The van der Waals surface area contributed by atoms with Crippen molar-refractivity contribution in [1.82, 2.24) is 19.7 Å². The molecule has 8 heteroatoms. The molecule has 156 valence electrons. The average Bonchev–Trinajstić information content (AvgIpc) is 3.23. The summed E-state index contributed by atoms with van der Waals surface area (Å²) in [6, 6.07) is 13.7. The summed E-state index contributed by atoms with van der Waals surface area (Å²) in [5.41, 5.74) is 1.68. The largest absolute Gasteiger partial charge is 0.507 e. The van der Waals surface area contributed by atoms with Crippen molar-refractivity contribution in [2.75, 3.05) is 7.05 Å². The number of hydrogen-bond donors (Lipinski definition) is 2. The molecule has 0 spiro atoms. The lowest BCUT2D eigenvalue weighted by Crippen LogP contribution is -2.26. The zero-order valence-corrected chi connectivity index (χ0v) is 16.6. The Balaban J connectivity index is 1.72. The second kappa shape index (κ2) is 8.27. The number of phenols is 2. The van der Waals surface area contributed by atoms with Gasteiger partial charge in [0.15, 0.2) is 0 Å². The highest BCUT2D eigenvalue weighted by molar-refractivity contribution is 5.98. The molecule has 0 unspecified atom stereocenters. The van der Waals surface area contributed by atoms with Crippen LogP contribution in [0.15, 0.2) is 73.2 Å². The maximum absolute atomic E-state index is 14.3. The molecule has 2 aromatic heterocycles. The molecule has 0 aliphatic carbocycles. The minimum Gasteiger partial charge on any atom is -0.507 e. The molecule has 7 nitrogen and oxygen atoms in total. The van der Waals surface area contributed by atoms with E-state index in [-0.39, 0.29) is 28.3 Å². The van der Waals surface area contributed by atoms with Crippen molar-refractivity contribution in [3.8, 4) is 28.4 Å². The number of nitrogens with zero attached hydrogens (tertiary/aromatic N) is 4. The maximum Gasteiger partial charge on any atom is 0.257 e. The number of para-hydroxylation sites is 1. The molecule has 2 N–H and O–H groups in total. The number of rotatable bonds is 5. The van der Waals surface area contributed by atoms with Crippen LogP contribution in [0, 0.1) is 5.82 Å². The van der Waals surface area contributed by atoms with Crippen LogP contribution in [0.2, 0.25) is 0 Å². The van der Waals surface area contributed by atoms with E-state index in [4.69, 9.17) is 0 Å². The summed E-state index contributed by atoms with van der Waals surface area (Å²) >= 11 is 0. The molecular weight excluding hydrogens is 399 g/mol. The summed E-state index contributed by atoms with van der Waals surface area (Å²) in [5.74, 6) is -1.54. The number of amides is 1. The fraction of sp³-hybridized carbons (Fsp3) is 0.0870. The van der Waals surface area contributed by atoms with Gasteiger partial charge >= 0.3 is 0 Å². The van der Waals surface area contributed by atoms with Crippen LogP contribution in [0.4, 0.5) is 4.39 Å². The quantitative estimate of drug-likeness (QED) is 0.515. The summed E-state index contributed by atoms with van der Waals surface area (Å²) < 4.78 is 15.6. The van der Waals surface area contributed by atoms with Crippen molar-refractivity contribution >= 4 is 5.91 Å². The monoisotopic (exact) mass is 418 g/mol. The maximum atomic E-state index is 14.3. The third-order valence-electron chi connectivity index (χ3n) is 4.86. The number of halogens is 1. The minimum absolute atomic E-state index is 0.00522. The molecule has 2 heterocycles. The van der Waals surface area contributed by atoms with E-state index in [1.54, 1.807) is 55.8 Å². The van der Waals surface area contributed by atoms with Gasteiger partial charge in [-0.25, -0.2) is 9.07 Å². The molecule has 0 saturated heterocycles. The van der Waals surface area contributed by atoms with Crippen LogP contribution in [0.3, 0.4) is 0 Å². The van der Waals surface area contributed by atoms with Crippen molar-refractivity contribution < 1.29 is 19.4 Å². The van der Waals surface area contributed by atoms with Crippen LogP contribution in [-0.4, -0.2) is 42.8 Å². The Bertz CT molecular complexity index is 1240. The first-order valence-corrected chi connectivity index (χ1v) is 9.45. The van der Waals surface area contributed by atoms with E-state index in [0.29, 0.717) is 12.2 Å². The molecule has 0 aliphatic heterocycles. The van der Waals surface area contributed by atoms with Crippen LogP contribution in [0.5, 0.6) is 11.5 Å². The number of pyridine rings is 1. The van der Waals surface area contributed by atoms with Crippen LogP contribution in [0.1, 0.15) is 15.9 Å². The van der Waals surface area contributed by atoms with E-state index in [1.807, 2.05) is 0 Å². The van der Waals surface area contributed by atoms with Crippen molar-refractivity contribution in [2.45, 2.75) is 6.54 Å². The molecule has 0 saturated carbocycles. The van der Waals surface area contributed by atoms with E-state index in [9.17, 15) is 19.4 Å². The second-order valence-electron chi connectivity index (χ2n) is 6.98. The summed E-state index contributed by atoms with van der Waals surface area (Å²) in [6.45, 7) is 0.310. The minimum atomic E-state index is -0.487. The molecule has 0 radical (unpaired) electrons. The van der Waals surface area contributed by atoms with Gasteiger partial charge in [0.25, 0.3) is 5.91 Å². The van der Waals surface area contributed by atoms with E-state index >= 15 is 0 Å². The average molecular weight is 418 g/mol. The molecule has 0 fully saturated rings. The van der Waals surface area contributed by atoms with E-state index in [1.165, 1.54) is 27.9 Å². The first-order valence-electron chi connectivity index (χ1n) is 9.45. The Morgan fingerprint density at radius 3 is 2.52 bits per heavy atom. The van der Waals surface area contributed by atoms with Gasteiger partial charge in [0.2, 0.25) is 0 Å². The van der Waals surface area contributed by atoms with Crippen molar-refractivity contribution in [3.05, 3.63) is 90.1 Å². The van der Waals surface area contributed by atoms with E-state index < -0.39 is 11.7 Å². The van der Waals surface area contributed by atoms with Crippen LogP contribution in [0.25, 0.3) is 16.9 Å². The van der Waals surface area contributed by atoms with Gasteiger partial charge in [0, 0.05) is 37.6 Å². The summed E-state index contributed by atoms with van der Waals surface area (Å²) in [6.07, 6.45) is 4.73. The van der Waals surface area contributed by atoms with E-state index in [0.717, 1.165) is 11.6 Å². The highest BCUT2D eigenvalue weighted by Gasteiger charge is 2.22. The van der Waals surface area contributed by atoms with Crippen LogP contribution >= 0.6 is 0 Å². The number of aromatic hydroxyl groups is 2. The lowest BCUT2D eigenvalue weighted by Gasteiger charge is -2.19. The lowest BCUT2D eigenvalue weighted by molar-refractivity contribution is 0.0782. The normalized spacial score (nSPS) is 10.8. The van der Waals surface area contributed by atoms with Crippen molar-refractivity contribution in [2.24, 2.45) is 0 Å². The molecule has 31 heavy (non-hydrogen) atoms. The molecule has 0 aliphatic rings. The predicted molar refractivity (Wildman–Crippen MR) is 112 cm³/mol. The first kappa shape index (κ1) is 20.1. The molecule has 1 amide bonds. The van der Waals surface area contributed by atoms with Crippen LogP contribution < -0.4 is 0 Å². The number of phenolic OH excluding ortho intramolecular Hbond substituents is 2. The highest BCUT2D eigenvalue weighted by Crippen LogP contribution is 2.36. The molecule has 4 rings (SSSR count). The van der Waals surface area contributed by atoms with Gasteiger partial charge in [0.1, 0.15) is 23.0 Å². The van der Waals surface area contributed by atoms with Gasteiger partial charge < -0.3 is 15.1 Å². The fourth-order valence-electron chi connectivity index (χ4n) is 3.32. The van der Waals surface area contributed by atoms with Gasteiger partial charge in [0.05, 0.1) is 17.5 Å². The van der Waals surface area contributed by atoms with Gasteiger partial charge in [-0.1, -0.05) is 12.1 Å². The first-order chi connectivity index (χ1) is 15.0. The van der Waals surface area contributed by atoms with Gasteiger partial charge in [-0.05, 0) is 42.0 Å². The lowest BCUT2D eigenvalue weighted by atomic mass is 10.0. The third kappa shape index (κ3) is 3.95. The molecular formula is C23H19FN4O3. The number of carbonyl (C=O) groups excluding carboxylic acids is 1. The zero-order valence-electron chi connectivity index (χ0n) is 16.6. The smallest absolute Gasteiger partial charge is 0.257 e. The standard InChI is InChI=1S/C23H19FN4O3/c1-27(14-15-6-9-25-10-7-15)23(31)17-12-16(21(29)13-22(17)30)19-8-11-26-28(19)20-5-3-2-4-18(20)24/h2-13,29-30H,14H2,1H3. The second-order valence-corrected chi connectivity index (χ2v) is 6.98. The predicted octanol–water partition coefficient (Wildman–Crippen LogP) is 3.76. The Morgan fingerprint density at radius 1 is 1.03 bits per heavy atom. The number of carbonyl (C=O) groups is 1. The molecule has 0 atom stereocenters. The third-order valence-corrected chi connectivity index (χ3v) is 4.86. The van der Waals surface area contributed by atoms with Crippen molar-refractivity contribution in [3.63, 3.8) is 0 Å². The number of hydrogen-bond acceptors (Lipinski definition) is 5. The van der Waals surface area contributed by atoms with Crippen LogP contribution in [-0.2, 0) is 6.54 Å².